The SMILES string of the molecule is COc1cc(C)ccc1OC(C)C(=O)N1CC2CN(c3ncccn3)CC2C1. The molecule has 3 heterocycles. The number of benzene rings is 1. The zero-order chi connectivity index (χ0) is 19.7. The van der Waals surface area contributed by atoms with Crippen LogP contribution in [-0.2, 0) is 4.79 Å². The number of ether oxygens (including phenoxy) is 2. The van der Waals surface area contributed by atoms with Crippen LogP contribution in [0.4, 0.5) is 5.95 Å². The molecule has 2 aliphatic heterocycles. The molecular formula is C21H26N4O3. The van der Waals surface area contributed by atoms with Crippen molar-refractivity contribution in [3.63, 3.8) is 0 Å². The Hall–Kier alpha value is -2.83. The van der Waals surface area contributed by atoms with Crippen molar-refractivity contribution in [3.8, 4) is 11.5 Å². The van der Waals surface area contributed by atoms with E-state index in [0.29, 0.717) is 23.3 Å². The molecule has 2 aromatic rings. The Morgan fingerprint density at radius 2 is 1.79 bits per heavy atom. The Morgan fingerprint density at radius 1 is 1.11 bits per heavy atom. The minimum Gasteiger partial charge on any atom is -0.493 e. The first kappa shape index (κ1) is 18.5. The summed E-state index contributed by atoms with van der Waals surface area (Å²) >= 11 is 0. The fraction of sp³-hybridized carbons (Fsp3) is 0.476. The van der Waals surface area contributed by atoms with Crippen molar-refractivity contribution in [1.29, 1.82) is 0 Å². The maximum absolute atomic E-state index is 12.9. The number of hydrogen-bond acceptors (Lipinski definition) is 6. The summed E-state index contributed by atoms with van der Waals surface area (Å²) in [7, 11) is 1.61. The number of carbonyl (C=O) groups is 1. The second kappa shape index (κ2) is 7.66. The minimum atomic E-state index is -0.552. The van der Waals surface area contributed by atoms with Gasteiger partial charge in [0.05, 0.1) is 7.11 Å². The lowest BCUT2D eigenvalue weighted by Gasteiger charge is -2.25. The summed E-state index contributed by atoms with van der Waals surface area (Å²) in [5.74, 6) is 2.96. The maximum atomic E-state index is 12.9. The van der Waals surface area contributed by atoms with Crippen LogP contribution in [0.1, 0.15) is 12.5 Å². The number of methoxy groups -OCH3 is 1. The smallest absolute Gasteiger partial charge is 0.263 e. The second-order valence-electron chi connectivity index (χ2n) is 7.63. The molecule has 4 rings (SSSR count). The van der Waals surface area contributed by atoms with Gasteiger partial charge in [0, 0.05) is 50.4 Å². The number of fused-ring (bicyclic) bond motifs is 1. The van der Waals surface area contributed by atoms with Crippen LogP contribution in [0.3, 0.4) is 0 Å². The third-order valence-electron chi connectivity index (χ3n) is 5.60. The fourth-order valence-electron chi connectivity index (χ4n) is 4.16. The number of rotatable bonds is 5. The van der Waals surface area contributed by atoms with Gasteiger partial charge in [-0.15, -0.1) is 0 Å². The number of nitrogens with zero attached hydrogens (tertiary/aromatic N) is 4. The topological polar surface area (TPSA) is 67.8 Å². The van der Waals surface area contributed by atoms with Gasteiger partial charge in [0.2, 0.25) is 5.95 Å². The average Bonchev–Trinajstić information content (AvgIpc) is 3.28. The Labute approximate surface area is 165 Å². The Kier molecular flexibility index (Phi) is 5.07. The second-order valence-corrected chi connectivity index (χ2v) is 7.63. The zero-order valence-corrected chi connectivity index (χ0v) is 16.5. The van der Waals surface area contributed by atoms with Crippen LogP contribution in [0, 0.1) is 18.8 Å². The predicted octanol–water partition coefficient (Wildman–Crippen LogP) is 2.16. The summed E-state index contributed by atoms with van der Waals surface area (Å²) in [6.07, 6.45) is 2.99. The van der Waals surface area contributed by atoms with Gasteiger partial charge in [-0.05, 0) is 37.6 Å². The van der Waals surface area contributed by atoms with E-state index in [1.54, 1.807) is 26.4 Å². The van der Waals surface area contributed by atoms with E-state index in [9.17, 15) is 4.79 Å². The van der Waals surface area contributed by atoms with Crippen LogP contribution >= 0.6 is 0 Å². The number of aryl methyl sites for hydroxylation is 1. The highest BCUT2D eigenvalue weighted by atomic mass is 16.5. The van der Waals surface area contributed by atoms with Gasteiger partial charge in [0.1, 0.15) is 0 Å². The molecule has 2 fully saturated rings. The van der Waals surface area contributed by atoms with Crippen molar-refractivity contribution in [2.45, 2.75) is 20.0 Å². The molecule has 1 aromatic heterocycles. The first-order valence-electron chi connectivity index (χ1n) is 9.67. The fourth-order valence-corrected chi connectivity index (χ4v) is 4.16. The first-order valence-corrected chi connectivity index (χ1v) is 9.67. The molecule has 3 unspecified atom stereocenters. The first-order chi connectivity index (χ1) is 13.5. The van der Waals surface area contributed by atoms with Gasteiger partial charge in [-0.2, -0.15) is 0 Å². The average molecular weight is 382 g/mol. The van der Waals surface area contributed by atoms with Crippen LogP contribution in [0.5, 0.6) is 11.5 Å². The van der Waals surface area contributed by atoms with Crippen LogP contribution in [0.15, 0.2) is 36.7 Å². The number of aromatic nitrogens is 2. The summed E-state index contributed by atoms with van der Waals surface area (Å²) in [5.41, 5.74) is 1.09. The van der Waals surface area contributed by atoms with Crippen LogP contribution in [0.25, 0.3) is 0 Å². The third kappa shape index (κ3) is 3.61. The third-order valence-corrected chi connectivity index (χ3v) is 5.60. The van der Waals surface area contributed by atoms with Crippen molar-refractivity contribution < 1.29 is 14.3 Å². The molecule has 0 bridgehead atoms. The highest BCUT2D eigenvalue weighted by molar-refractivity contribution is 5.81. The molecule has 0 radical (unpaired) electrons. The van der Waals surface area contributed by atoms with Gasteiger partial charge >= 0.3 is 0 Å². The lowest BCUT2D eigenvalue weighted by atomic mass is 10.0. The van der Waals surface area contributed by atoms with Crippen molar-refractivity contribution >= 4 is 11.9 Å². The number of amides is 1. The normalized spacial score (nSPS) is 22.1. The van der Waals surface area contributed by atoms with E-state index in [2.05, 4.69) is 14.9 Å². The van der Waals surface area contributed by atoms with Gasteiger partial charge in [-0.25, -0.2) is 9.97 Å². The number of hydrogen-bond donors (Lipinski definition) is 0. The highest BCUT2D eigenvalue weighted by Crippen LogP contribution is 2.34. The molecule has 0 aliphatic carbocycles. The summed E-state index contributed by atoms with van der Waals surface area (Å²) in [4.78, 5) is 25.8. The van der Waals surface area contributed by atoms with Crippen molar-refractivity contribution in [2.24, 2.45) is 11.8 Å². The van der Waals surface area contributed by atoms with E-state index in [4.69, 9.17) is 9.47 Å². The Morgan fingerprint density at radius 3 is 2.43 bits per heavy atom. The van der Waals surface area contributed by atoms with E-state index < -0.39 is 6.10 Å². The van der Waals surface area contributed by atoms with Crippen molar-refractivity contribution in [3.05, 3.63) is 42.2 Å². The monoisotopic (exact) mass is 382 g/mol. The molecule has 1 amide bonds. The molecule has 7 nitrogen and oxygen atoms in total. The Bertz CT molecular complexity index is 831. The number of carbonyl (C=O) groups excluding carboxylic acids is 1. The molecule has 7 heteroatoms. The summed E-state index contributed by atoms with van der Waals surface area (Å²) in [6.45, 7) is 7.09. The molecular weight excluding hydrogens is 356 g/mol. The minimum absolute atomic E-state index is 0.0274. The van der Waals surface area contributed by atoms with Crippen molar-refractivity contribution in [2.75, 3.05) is 38.2 Å². The van der Waals surface area contributed by atoms with Gasteiger partial charge in [0.15, 0.2) is 17.6 Å². The van der Waals surface area contributed by atoms with E-state index in [-0.39, 0.29) is 5.91 Å². The van der Waals surface area contributed by atoms with E-state index in [1.807, 2.05) is 36.1 Å². The summed E-state index contributed by atoms with van der Waals surface area (Å²) < 4.78 is 11.3. The van der Waals surface area contributed by atoms with Gasteiger partial charge in [-0.3, -0.25) is 4.79 Å². The van der Waals surface area contributed by atoms with E-state index in [1.165, 1.54) is 0 Å². The standard InChI is InChI=1S/C21H26N4O3/c1-14-5-6-18(19(9-14)27-3)28-15(2)20(26)24-10-16-12-25(13-17(16)11-24)21-22-7-4-8-23-21/h4-9,15-17H,10-13H2,1-3H3. The lowest BCUT2D eigenvalue weighted by Crippen LogP contribution is -2.41. The molecule has 148 valence electrons. The van der Waals surface area contributed by atoms with Crippen LogP contribution < -0.4 is 14.4 Å². The quantitative estimate of drug-likeness (QED) is 0.789. The van der Waals surface area contributed by atoms with Crippen LogP contribution in [-0.4, -0.2) is 60.2 Å². The van der Waals surface area contributed by atoms with Crippen LogP contribution in [0.2, 0.25) is 0 Å². The highest BCUT2D eigenvalue weighted by Gasteiger charge is 2.43. The molecule has 0 N–H and O–H groups in total. The van der Waals surface area contributed by atoms with E-state index in [0.717, 1.165) is 37.7 Å². The molecule has 2 aliphatic rings. The number of anilines is 1. The predicted molar refractivity (Wildman–Crippen MR) is 106 cm³/mol. The molecule has 3 atom stereocenters. The maximum Gasteiger partial charge on any atom is 0.263 e. The van der Waals surface area contributed by atoms with Crippen molar-refractivity contribution in [1.82, 2.24) is 14.9 Å². The van der Waals surface area contributed by atoms with Gasteiger partial charge in [-0.1, -0.05) is 6.07 Å². The molecule has 28 heavy (non-hydrogen) atoms. The largest absolute Gasteiger partial charge is 0.493 e. The number of likely N-dealkylation sites (tertiary alicyclic amines) is 1. The van der Waals surface area contributed by atoms with Gasteiger partial charge in [0.25, 0.3) is 5.91 Å². The van der Waals surface area contributed by atoms with E-state index >= 15 is 0 Å². The van der Waals surface area contributed by atoms with Gasteiger partial charge < -0.3 is 19.3 Å². The summed E-state index contributed by atoms with van der Waals surface area (Å²) in [5, 5.41) is 0. The molecule has 0 spiro atoms. The Balaban J connectivity index is 1.36. The lowest BCUT2D eigenvalue weighted by molar-refractivity contribution is -0.137. The molecule has 1 aromatic carbocycles. The summed E-state index contributed by atoms with van der Waals surface area (Å²) in [6, 6.07) is 7.54. The zero-order valence-electron chi connectivity index (χ0n) is 16.5. The molecule has 2 saturated heterocycles. The molecule has 0 saturated carbocycles.